The SMILES string of the molecule is Cc1cccc(C(C(=O)Nc2c(C)cccc2Cl)N(C)C(=O)C(CC(C)C)NC(=O)OC(C)(C)C)c1. The molecule has 2 rings (SSSR count). The number of aryl methyl sites for hydroxylation is 2. The Morgan fingerprint density at radius 2 is 1.69 bits per heavy atom. The van der Waals surface area contributed by atoms with Crippen LogP contribution < -0.4 is 10.6 Å². The number of alkyl carbamates (subject to hydrolysis) is 1. The molecule has 0 saturated heterocycles. The molecule has 3 amide bonds. The monoisotopic (exact) mass is 515 g/mol. The van der Waals surface area contributed by atoms with Gasteiger partial charge in [0.2, 0.25) is 5.91 Å². The van der Waals surface area contributed by atoms with E-state index in [4.69, 9.17) is 16.3 Å². The number of nitrogens with zero attached hydrogens (tertiary/aromatic N) is 1. The van der Waals surface area contributed by atoms with Crippen molar-refractivity contribution in [3.63, 3.8) is 0 Å². The first-order valence-electron chi connectivity index (χ1n) is 12.1. The summed E-state index contributed by atoms with van der Waals surface area (Å²) in [5.74, 6) is -0.695. The highest BCUT2D eigenvalue weighted by Gasteiger charge is 2.34. The summed E-state index contributed by atoms with van der Waals surface area (Å²) < 4.78 is 5.38. The molecule has 0 fully saturated rings. The lowest BCUT2D eigenvalue weighted by Gasteiger charge is -2.32. The van der Waals surface area contributed by atoms with E-state index in [-0.39, 0.29) is 5.92 Å². The van der Waals surface area contributed by atoms with Crippen molar-refractivity contribution in [1.29, 1.82) is 0 Å². The molecule has 7 nitrogen and oxygen atoms in total. The molecular formula is C28H38ClN3O4. The molecule has 0 aliphatic rings. The van der Waals surface area contributed by atoms with Gasteiger partial charge < -0.3 is 20.3 Å². The van der Waals surface area contributed by atoms with E-state index < -0.39 is 35.6 Å². The molecule has 2 unspecified atom stereocenters. The highest BCUT2D eigenvalue weighted by molar-refractivity contribution is 6.34. The first-order chi connectivity index (χ1) is 16.7. The van der Waals surface area contributed by atoms with Gasteiger partial charge in [-0.15, -0.1) is 0 Å². The van der Waals surface area contributed by atoms with Crippen LogP contribution in [0.15, 0.2) is 42.5 Å². The average Bonchev–Trinajstić information content (AvgIpc) is 2.74. The predicted octanol–water partition coefficient (Wildman–Crippen LogP) is 6.03. The van der Waals surface area contributed by atoms with Gasteiger partial charge in [-0.05, 0) is 64.2 Å². The van der Waals surface area contributed by atoms with Crippen molar-refractivity contribution in [2.75, 3.05) is 12.4 Å². The van der Waals surface area contributed by atoms with Crippen molar-refractivity contribution in [3.05, 3.63) is 64.2 Å². The van der Waals surface area contributed by atoms with Crippen molar-refractivity contribution in [1.82, 2.24) is 10.2 Å². The number of amides is 3. The number of nitrogens with one attached hydrogen (secondary N) is 2. The quantitative estimate of drug-likeness (QED) is 0.449. The number of benzene rings is 2. The van der Waals surface area contributed by atoms with E-state index in [0.29, 0.717) is 22.7 Å². The summed E-state index contributed by atoms with van der Waals surface area (Å²) in [5, 5.41) is 6.02. The fraction of sp³-hybridized carbons (Fsp3) is 0.464. The predicted molar refractivity (Wildman–Crippen MR) is 144 cm³/mol. The van der Waals surface area contributed by atoms with Crippen LogP contribution in [0.5, 0.6) is 0 Å². The van der Waals surface area contributed by atoms with E-state index in [1.807, 2.05) is 52.0 Å². The summed E-state index contributed by atoms with van der Waals surface area (Å²) in [6.07, 6.45) is -0.299. The van der Waals surface area contributed by atoms with Crippen LogP contribution in [0.25, 0.3) is 0 Å². The third kappa shape index (κ3) is 8.26. The maximum Gasteiger partial charge on any atom is 0.408 e. The van der Waals surface area contributed by atoms with Gasteiger partial charge >= 0.3 is 6.09 Å². The number of ether oxygens (including phenoxy) is 1. The topological polar surface area (TPSA) is 87.7 Å². The Morgan fingerprint density at radius 1 is 1.06 bits per heavy atom. The Bertz CT molecular complexity index is 1070. The van der Waals surface area contributed by atoms with Crippen molar-refractivity contribution in [2.45, 2.75) is 72.6 Å². The normalized spacial score (nSPS) is 13.1. The number of para-hydroxylation sites is 1. The number of carbonyl (C=O) groups excluding carboxylic acids is 3. The lowest BCUT2D eigenvalue weighted by molar-refractivity contribution is -0.139. The maximum atomic E-state index is 13.7. The van der Waals surface area contributed by atoms with Gasteiger partial charge in [-0.25, -0.2) is 4.79 Å². The van der Waals surface area contributed by atoms with E-state index in [1.165, 1.54) is 4.90 Å². The average molecular weight is 516 g/mol. The van der Waals surface area contributed by atoms with Crippen molar-refractivity contribution < 1.29 is 19.1 Å². The molecule has 0 radical (unpaired) electrons. The number of likely N-dealkylation sites (N-methyl/N-ethyl adjacent to an activating group) is 1. The molecule has 0 aliphatic carbocycles. The fourth-order valence-electron chi connectivity index (χ4n) is 3.89. The highest BCUT2D eigenvalue weighted by atomic mass is 35.5. The van der Waals surface area contributed by atoms with Crippen LogP contribution in [0.1, 0.15) is 63.8 Å². The number of hydrogen-bond acceptors (Lipinski definition) is 4. The minimum atomic E-state index is -0.955. The standard InChI is InChI=1S/C28H38ClN3O4/c1-17(2)15-22(30-27(35)36-28(5,6)7)26(34)32(8)24(20-13-9-11-18(3)16-20)25(33)31-23-19(4)12-10-14-21(23)29/h9-14,16-17,22,24H,15H2,1-8H3,(H,30,35)(H,31,33). The molecule has 8 heteroatoms. The van der Waals surface area contributed by atoms with Crippen molar-refractivity contribution in [2.24, 2.45) is 5.92 Å². The third-order valence-electron chi connectivity index (χ3n) is 5.51. The molecule has 2 N–H and O–H groups in total. The second kappa shape index (κ2) is 12.3. The molecule has 0 aliphatic heterocycles. The van der Waals surface area contributed by atoms with Gasteiger partial charge in [-0.1, -0.05) is 67.4 Å². The molecule has 0 bridgehead atoms. The zero-order chi connectivity index (χ0) is 27.2. The first-order valence-corrected chi connectivity index (χ1v) is 12.5. The van der Waals surface area contributed by atoms with Gasteiger partial charge in [0.1, 0.15) is 17.7 Å². The van der Waals surface area contributed by atoms with Gasteiger partial charge in [0, 0.05) is 7.05 Å². The van der Waals surface area contributed by atoms with Crippen LogP contribution in [-0.2, 0) is 14.3 Å². The molecule has 196 valence electrons. The van der Waals surface area contributed by atoms with Crippen LogP contribution in [-0.4, -0.2) is 41.5 Å². The number of halogens is 1. The van der Waals surface area contributed by atoms with E-state index in [0.717, 1.165) is 11.1 Å². The Kier molecular flexibility index (Phi) is 9.93. The lowest BCUT2D eigenvalue weighted by atomic mass is 9.99. The van der Waals surface area contributed by atoms with Crippen LogP contribution >= 0.6 is 11.6 Å². The second-order valence-corrected chi connectivity index (χ2v) is 10.9. The van der Waals surface area contributed by atoms with Gasteiger partial charge in [-0.2, -0.15) is 0 Å². The largest absolute Gasteiger partial charge is 0.444 e. The van der Waals surface area contributed by atoms with Crippen LogP contribution in [0.3, 0.4) is 0 Å². The summed E-state index contributed by atoms with van der Waals surface area (Å²) in [6.45, 7) is 13.0. The molecule has 36 heavy (non-hydrogen) atoms. The first kappa shape index (κ1) is 29.2. The number of hydrogen-bond donors (Lipinski definition) is 2. The van der Waals surface area contributed by atoms with Gasteiger partial charge in [0.05, 0.1) is 10.7 Å². The summed E-state index contributed by atoms with van der Waals surface area (Å²) >= 11 is 6.35. The fourth-order valence-corrected chi connectivity index (χ4v) is 4.16. The van der Waals surface area contributed by atoms with Crippen molar-refractivity contribution >= 4 is 35.2 Å². The Balaban J connectivity index is 2.42. The highest BCUT2D eigenvalue weighted by Crippen LogP contribution is 2.29. The van der Waals surface area contributed by atoms with Crippen LogP contribution in [0, 0.1) is 19.8 Å². The summed E-state index contributed by atoms with van der Waals surface area (Å²) in [4.78, 5) is 41.3. The lowest BCUT2D eigenvalue weighted by Crippen LogP contribution is -2.51. The zero-order valence-corrected chi connectivity index (χ0v) is 23.2. The van der Waals surface area contributed by atoms with Gasteiger partial charge in [0.15, 0.2) is 0 Å². The molecule has 0 aromatic heterocycles. The number of carbonyl (C=O) groups is 3. The second-order valence-electron chi connectivity index (χ2n) is 10.5. The molecule has 2 atom stereocenters. The molecule has 0 heterocycles. The van der Waals surface area contributed by atoms with E-state index in [2.05, 4.69) is 10.6 Å². The molecule has 2 aromatic carbocycles. The summed E-state index contributed by atoms with van der Waals surface area (Å²) in [6, 6.07) is 11.0. The van der Waals surface area contributed by atoms with Crippen LogP contribution in [0.2, 0.25) is 5.02 Å². The maximum absolute atomic E-state index is 13.7. The minimum Gasteiger partial charge on any atom is -0.444 e. The molecule has 2 aromatic rings. The number of anilines is 1. The third-order valence-corrected chi connectivity index (χ3v) is 5.82. The van der Waals surface area contributed by atoms with Gasteiger partial charge in [-0.3, -0.25) is 9.59 Å². The van der Waals surface area contributed by atoms with E-state index in [9.17, 15) is 14.4 Å². The van der Waals surface area contributed by atoms with Gasteiger partial charge in [0.25, 0.3) is 5.91 Å². The van der Waals surface area contributed by atoms with Crippen LogP contribution in [0.4, 0.5) is 10.5 Å². The van der Waals surface area contributed by atoms with Crippen molar-refractivity contribution in [3.8, 4) is 0 Å². The number of rotatable bonds is 8. The smallest absolute Gasteiger partial charge is 0.408 e. The Labute approximate surface area is 219 Å². The molecular weight excluding hydrogens is 478 g/mol. The molecule has 0 spiro atoms. The van der Waals surface area contributed by atoms with E-state index >= 15 is 0 Å². The Morgan fingerprint density at radius 3 is 2.25 bits per heavy atom. The van der Waals surface area contributed by atoms with E-state index in [1.54, 1.807) is 46.0 Å². The summed E-state index contributed by atoms with van der Waals surface area (Å²) in [5.41, 5.74) is 2.18. The zero-order valence-electron chi connectivity index (χ0n) is 22.4. The summed E-state index contributed by atoms with van der Waals surface area (Å²) in [7, 11) is 1.57. The molecule has 0 saturated carbocycles. The Hall–Kier alpha value is -3.06. The minimum absolute atomic E-state index is 0.110.